The molecule has 2 aromatic rings. The van der Waals surface area contributed by atoms with Crippen LogP contribution in [0.5, 0.6) is 5.75 Å². The Morgan fingerprint density at radius 2 is 1.83 bits per heavy atom. The summed E-state index contributed by atoms with van der Waals surface area (Å²) in [4.78, 5) is 14.5. The van der Waals surface area contributed by atoms with Crippen molar-refractivity contribution in [2.45, 2.75) is 50.0 Å². The fourth-order valence-corrected chi connectivity index (χ4v) is 4.95. The van der Waals surface area contributed by atoms with Crippen molar-refractivity contribution in [2.75, 3.05) is 20.7 Å². The van der Waals surface area contributed by atoms with Crippen molar-refractivity contribution in [2.24, 2.45) is 0 Å². The molecule has 0 spiro atoms. The van der Waals surface area contributed by atoms with E-state index in [0.29, 0.717) is 0 Å². The fraction of sp³-hybridized carbons (Fsp3) is 0.435. The topological polar surface area (TPSA) is 75.7 Å². The van der Waals surface area contributed by atoms with Gasteiger partial charge in [0.1, 0.15) is 5.75 Å². The number of nitrogens with zero attached hydrogens (tertiary/aromatic N) is 1. The molecule has 1 aliphatic carbocycles. The van der Waals surface area contributed by atoms with Crippen LogP contribution in [0.1, 0.15) is 48.9 Å². The van der Waals surface area contributed by atoms with Crippen molar-refractivity contribution in [3.8, 4) is 5.75 Å². The summed E-state index contributed by atoms with van der Waals surface area (Å²) >= 11 is 0. The van der Waals surface area contributed by atoms with Gasteiger partial charge in [0, 0.05) is 25.6 Å². The lowest BCUT2D eigenvalue weighted by molar-refractivity contribution is -0.131. The van der Waals surface area contributed by atoms with Gasteiger partial charge in [-0.05, 0) is 61.9 Å². The van der Waals surface area contributed by atoms with Gasteiger partial charge in [0.2, 0.25) is 15.9 Å². The highest BCUT2D eigenvalue weighted by Crippen LogP contribution is 2.28. The van der Waals surface area contributed by atoms with Crippen molar-refractivity contribution >= 4 is 15.9 Å². The van der Waals surface area contributed by atoms with Crippen LogP contribution in [0.4, 0.5) is 0 Å². The Morgan fingerprint density at radius 1 is 1.13 bits per heavy atom. The van der Waals surface area contributed by atoms with Gasteiger partial charge >= 0.3 is 0 Å². The number of methoxy groups -OCH3 is 1. The van der Waals surface area contributed by atoms with Crippen molar-refractivity contribution in [1.82, 2.24) is 9.62 Å². The number of carbonyl (C=O) groups is 1. The number of para-hydroxylation sites is 1. The van der Waals surface area contributed by atoms with Crippen LogP contribution < -0.4 is 9.46 Å². The molecule has 30 heavy (non-hydrogen) atoms. The van der Waals surface area contributed by atoms with Crippen LogP contribution in [0, 0.1) is 0 Å². The molecule has 0 aromatic heterocycles. The van der Waals surface area contributed by atoms with Gasteiger partial charge in [0.15, 0.2) is 0 Å². The first-order valence-electron chi connectivity index (χ1n) is 10.3. The highest BCUT2D eigenvalue weighted by Gasteiger charge is 2.22. The number of aryl methyl sites for hydroxylation is 2. The minimum atomic E-state index is -3.64. The molecule has 0 bridgehead atoms. The first-order valence-corrected chi connectivity index (χ1v) is 11.8. The Morgan fingerprint density at radius 3 is 2.57 bits per heavy atom. The van der Waals surface area contributed by atoms with Crippen LogP contribution >= 0.6 is 0 Å². The lowest BCUT2D eigenvalue weighted by Crippen LogP contribution is -2.33. The lowest BCUT2D eigenvalue weighted by atomic mass is 9.92. The maximum Gasteiger partial charge on any atom is 0.240 e. The third kappa shape index (κ3) is 5.02. The van der Waals surface area contributed by atoms with E-state index in [0.717, 1.165) is 42.6 Å². The van der Waals surface area contributed by atoms with E-state index in [9.17, 15) is 13.2 Å². The average Bonchev–Trinajstić information content (AvgIpc) is 2.77. The zero-order valence-corrected chi connectivity index (χ0v) is 18.7. The molecular formula is C23H30N2O4S. The van der Waals surface area contributed by atoms with Gasteiger partial charge in [0.05, 0.1) is 18.0 Å². The van der Waals surface area contributed by atoms with Gasteiger partial charge in [0.25, 0.3) is 0 Å². The molecule has 1 amide bonds. The molecular weight excluding hydrogens is 400 g/mol. The minimum Gasteiger partial charge on any atom is -0.496 e. The predicted molar refractivity (Wildman–Crippen MR) is 117 cm³/mol. The number of nitrogens with one attached hydrogen (secondary N) is 1. The van der Waals surface area contributed by atoms with Crippen molar-refractivity contribution in [3.63, 3.8) is 0 Å². The van der Waals surface area contributed by atoms with Gasteiger partial charge in [-0.2, -0.15) is 0 Å². The number of hydrogen-bond donors (Lipinski definition) is 1. The highest BCUT2D eigenvalue weighted by molar-refractivity contribution is 7.89. The minimum absolute atomic E-state index is 0.0568. The number of rotatable bonds is 8. The van der Waals surface area contributed by atoms with Crippen LogP contribution in [-0.2, 0) is 27.7 Å². The molecule has 2 aromatic carbocycles. The fourth-order valence-electron chi connectivity index (χ4n) is 3.87. The molecule has 1 N–H and O–H groups in total. The van der Waals surface area contributed by atoms with Crippen molar-refractivity contribution in [1.29, 1.82) is 0 Å². The van der Waals surface area contributed by atoms with Gasteiger partial charge in [-0.3, -0.25) is 4.79 Å². The maximum atomic E-state index is 12.7. The summed E-state index contributed by atoms with van der Waals surface area (Å²) < 4.78 is 33.3. The van der Waals surface area contributed by atoms with E-state index in [4.69, 9.17) is 4.74 Å². The summed E-state index contributed by atoms with van der Waals surface area (Å²) in [7, 11) is -0.319. The summed E-state index contributed by atoms with van der Waals surface area (Å²) in [6, 6.07) is 12.7. The summed E-state index contributed by atoms with van der Waals surface area (Å²) in [6.07, 6.45) is 4.26. The lowest BCUT2D eigenvalue weighted by Gasteiger charge is -2.26. The van der Waals surface area contributed by atoms with E-state index in [2.05, 4.69) is 4.72 Å². The Kier molecular flexibility index (Phi) is 7.15. The third-order valence-corrected chi connectivity index (χ3v) is 7.28. The molecule has 1 aliphatic rings. The van der Waals surface area contributed by atoms with E-state index in [1.54, 1.807) is 31.2 Å². The summed E-state index contributed by atoms with van der Waals surface area (Å²) in [5, 5.41) is 0. The zero-order valence-electron chi connectivity index (χ0n) is 17.8. The molecule has 0 radical (unpaired) electrons. The predicted octanol–water partition coefficient (Wildman–Crippen LogP) is 3.46. The second-order valence-electron chi connectivity index (χ2n) is 7.71. The first kappa shape index (κ1) is 22.3. The van der Waals surface area contributed by atoms with Gasteiger partial charge < -0.3 is 9.64 Å². The van der Waals surface area contributed by atoms with E-state index in [1.165, 1.54) is 5.56 Å². The van der Waals surface area contributed by atoms with Crippen LogP contribution in [-0.4, -0.2) is 39.9 Å². The normalized spacial score (nSPS) is 14.6. The molecule has 7 heteroatoms. The Bertz CT molecular complexity index is 1000. The smallest absolute Gasteiger partial charge is 0.240 e. The van der Waals surface area contributed by atoms with E-state index in [-0.39, 0.29) is 29.8 Å². The van der Waals surface area contributed by atoms with E-state index < -0.39 is 10.0 Å². The number of benzene rings is 2. The number of ether oxygens (including phenoxy) is 1. The van der Waals surface area contributed by atoms with Crippen LogP contribution in [0.3, 0.4) is 0 Å². The average molecular weight is 431 g/mol. The third-order valence-electron chi connectivity index (χ3n) is 5.82. The standard InChI is InChI=1S/C23H30N2O4S/c1-17(21-10-6-7-11-22(21)29-3)25(2)23(26)14-15-24-30(27,28)20-13-12-18-8-4-5-9-19(18)16-20/h6-7,10-13,16-17,24H,4-5,8-9,14-15H2,1-3H3. The van der Waals surface area contributed by atoms with Gasteiger partial charge in [-0.25, -0.2) is 13.1 Å². The number of fused-ring (bicyclic) bond motifs is 1. The Balaban J connectivity index is 1.59. The van der Waals surface area contributed by atoms with Gasteiger partial charge in [-0.15, -0.1) is 0 Å². The highest BCUT2D eigenvalue weighted by atomic mass is 32.2. The van der Waals surface area contributed by atoms with Crippen molar-refractivity contribution < 1.29 is 17.9 Å². The molecule has 0 saturated heterocycles. The maximum absolute atomic E-state index is 12.7. The number of carbonyl (C=O) groups excluding carboxylic acids is 1. The van der Waals surface area contributed by atoms with Gasteiger partial charge in [-0.1, -0.05) is 24.3 Å². The molecule has 1 unspecified atom stereocenters. The summed E-state index contributed by atoms with van der Waals surface area (Å²) in [6.45, 7) is 1.98. The SMILES string of the molecule is COc1ccccc1C(C)N(C)C(=O)CCNS(=O)(=O)c1ccc2c(c1)CCCC2. The summed E-state index contributed by atoms with van der Waals surface area (Å²) in [5.74, 6) is 0.583. The molecule has 0 heterocycles. The first-order chi connectivity index (χ1) is 14.3. The zero-order chi connectivity index (χ0) is 21.7. The molecule has 0 fully saturated rings. The van der Waals surface area contributed by atoms with E-state index >= 15 is 0 Å². The molecule has 0 aliphatic heterocycles. The number of amides is 1. The van der Waals surface area contributed by atoms with Crippen LogP contribution in [0.15, 0.2) is 47.4 Å². The molecule has 3 rings (SSSR count). The quantitative estimate of drug-likeness (QED) is 0.696. The largest absolute Gasteiger partial charge is 0.496 e. The van der Waals surface area contributed by atoms with E-state index in [1.807, 2.05) is 37.3 Å². The monoisotopic (exact) mass is 430 g/mol. The second kappa shape index (κ2) is 9.62. The molecule has 0 saturated carbocycles. The molecule has 162 valence electrons. The summed E-state index contributed by atoms with van der Waals surface area (Å²) in [5.41, 5.74) is 3.26. The van der Waals surface area contributed by atoms with Crippen LogP contribution in [0.25, 0.3) is 0 Å². The number of sulfonamides is 1. The molecule has 1 atom stereocenters. The number of hydrogen-bond acceptors (Lipinski definition) is 4. The van der Waals surface area contributed by atoms with Crippen molar-refractivity contribution in [3.05, 3.63) is 59.2 Å². The molecule has 6 nitrogen and oxygen atoms in total. The van der Waals surface area contributed by atoms with Crippen LogP contribution in [0.2, 0.25) is 0 Å². The Hall–Kier alpha value is -2.38. The second-order valence-corrected chi connectivity index (χ2v) is 9.47. The Labute approximate surface area is 179 Å².